The lowest BCUT2D eigenvalue weighted by atomic mass is 10.1. The zero-order valence-corrected chi connectivity index (χ0v) is 16.4. The van der Waals surface area contributed by atoms with Crippen molar-refractivity contribution in [3.8, 4) is 0 Å². The van der Waals surface area contributed by atoms with Gasteiger partial charge in [-0.15, -0.1) is 0 Å². The molecular weight excluding hydrogens is 436 g/mol. The van der Waals surface area contributed by atoms with E-state index in [-0.39, 0.29) is 11.4 Å². The summed E-state index contributed by atoms with van der Waals surface area (Å²) < 4.78 is 0. The third-order valence-corrected chi connectivity index (χ3v) is 5.12. The summed E-state index contributed by atoms with van der Waals surface area (Å²) in [4.78, 5) is 49.2. The molecule has 12 heteroatoms. The lowest BCUT2D eigenvalue weighted by Crippen LogP contribution is -2.25. The summed E-state index contributed by atoms with van der Waals surface area (Å²) >= 11 is 7.02. The van der Waals surface area contributed by atoms with Crippen molar-refractivity contribution in [2.75, 3.05) is 0 Å². The summed E-state index contributed by atoms with van der Waals surface area (Å²) in [6.07, 6.45) is 2.46. The summed E-state index contributed by atoms with van der Waals surface area (Å²) in [6.45, 7) is 0. The highest BCUT2D eigenvalue weighted by Gasteiger charge is 2.19. The molecule has 3 rings (SSSR count). The van der Waals surface area contributed by atoms with Crippen molar-refractivity contribution in [2.45, 2.75) is 9.79 Å². The van der Waals surface area contributed by atoms with E-state index in [1.54, 1.807) is 35.3 Å². The summed E-state index contributed by atoms with van der Waals surface area (Å²) in [7, 11) is 0. The monoisotopic (exact) mass is 446 g/mol. The van der Waals surface area contributed by atoms with Crippen molar-refractivity contribution in [2.24, 2.45) is 0 Å². The van der Waals surface area contributed by atoms with E-state index in [1.165, 1.54) is 30.0 Å². The number of nitro groups is 2. The van der Waals surface area contributed by atoms with Gasteiger partial charge in [0, 0.05) is 16.0 Å². The van der Waals surface area contributed by atoms with Gasteiger partial charge in [0.05, 0.1) is 14.7 Å². The highest BCUT2D eigenvalue weighted by Crippen LogP contribution is 2.36. The Morgan fingerprint density at radius 2 is 1.63 bits per heavy atom. The van der Waals surface area contributed by atoms with Crippen molar-refractivity contribution in [1.29, 1.82) is 0 Å². The number of nitrogens with one attached hydrogen (secondary N) is 2. The third kappa shape index (κ3) is 4.82. The van der Waals surface area contributed by atoms with E-state index in [9.17, 15) is 29.8 Å². The topological polar surface area (TPSA) is 152 Å². The molecule has 30 heavy (non-hydrogen) atoms. The van der Waals surface area contributed by atoms with Gasteiger partial charge in [-0.1, -0.05) is 35.5 Å². The largest absolute Gasteiger partial charge is 0.357 e. The number of halogens is 1. The first-order valence-corrected chi connectivity index (χ1v) is 9.35. The summed E-state index contributed by atoms with van der Waals surface area (Å²) in [5.41, 5.74) is -3.05. The molecule has 0 spiro atoms. The van der Waals surface area contributed by atoms with Gasteiger partial charge >= 0.3 is 16.9 Å². The first-order chi connectivity index (χ1) is 14.2. The van der Waals surface area contributed by atoms with Gasteiger partial charge < -0.3 is 4.98 Å². The van der Waals surface area contributed by atoms with Crippen LogP contribution in [0.4, 0.5) is 11.4 Å². The summed E-state index contributed by atoms with van der Waals surface area (Å²) in [5, 5.41) is 23.1. The lowest BCUT2D eigenvalue weighted by molar-refractivity contribution is -0.387. The van der Waals surface area contributed by atoms with Crippen LogP contribution in [0, 0.1) is 20.2 Å². The normalized spacial score (nSPS) is 11.0. The molecule has 0 aliphatic rings. The molecule has 1 aromatic heterocycles. The molecule has 1 heterocycles. The first kappa shape index (κ1) is 21.0. The van der Waals surface area contributed by atoms with Gasteiger partial charge in [-0.2, -0.15) is 0 Å². The number of nitro benzene ring substituents is 1. The fourth-order valence-corrected chi connectivity index (χ4v) is 3.50. The van der Waals surface area contributed by atoms with E-state index < -0.39 is 26.8 Å². The van der Waals surface area contributed by atoms with Gasteiger partial charge in [-0.25, -0.2) is 4.79 Å². The van der Waals surface area contributed by atoms with Crippen LogP contribution in [-0.2, 0) is 0 Å². The van der Waals surface area contributed by atoms with Crippen LogP contribution in [0.15, 0.2) is 61.8 Å². The molecule has 0 fully saturated rings. The number of aromatic nitrogens is 2. The minimum absolute atomic E-state index is 0.175. The van der Waals surface area contributed by atoms with Crippen molar-refractivity contribution in [3.63, 3.8) is 0 Å². The Morgan fingerprint density at radius 1 is 0.933 bits per heavy atom. The maximum absolute atomic E-state index is 11.6. The molecule has 0 saturated heterocycles. The van der Waals surface area contributed by atoms with Gasteiger partial charge in [0.15, 0.2) is 0 Å². The van der Waals surface area contributed by atoms with E-state index in [0.717, 1.165) is 11.0 Å². The number of rotatable bonds is 6. The molecule has 0 saturated carbocycles. The predicted octanol–water partition coefficient (Wildman–Crippen LogP) is 3.85. The van der Waals surface area contributed by atoms with Gasteiger partial charge in [-0.3, -0.25) is 30.0 Å². The van der Waals surface area contributed by atoms with Crippen molar-refractivity contribution >= 4 is 46.9 Å². The van der Waals surface area contributed by atoms with E-state index in [0.29, 0.717) is 15.5 Å². The van der Waals surface area contributed by atoms with Crippen LogP contribution in [0.1, 0.15) is 11.3 Å². The van der Waals surface area contributed by atoms with E-state index >= 15 is 0 Å². The van der Waals surface area contributed by atoms with E-state index in [2.05, 4.69) is 4.98 Å². The highest BCUT2D eigenvalue weighted by molar-refractivity contribution is 7.99. The third-order valence-electron chi connectivity index (χ3n) is 3.79. The molecule has 0 radical (unpaired) electrons. The van der Waals surface area contributed by atoms with Crippen molar-refractivity contribution < 1.29 is 9.85 Å². The zero-order valence-electron chi connectivity index (χ0n) is 14.8. The van der Waals surface area contributed by atoms with Crippen molar-refractivity contribution in [3.05, 3.63) is 99.8 Å². The number of hydrogen-bond acceptors (Lipinski definition) is 7. The van der Waals surface area contributed by atoms with Gasteiger partial charge in [0.25, 0.3) is 5.69 Å². The van der Waals surface area contributed by atoms with Gasteiger partial charge in [-0.05, 0) is 42.0 Å². The molecule has 2 N–H and O–H groups in total. The van der Waals surface area contributed by atoms with Crippen LogP contribution in [0.5, 0.6) is 0 Å². The quantitative estimate of drug-likeness (QED) is 0.430. The van der Waals surface area contributed by atoms with Crippen LogP contribution < -0.4 is 11.2 Å². The van der Waals surface area contributed by atoms with Crippen LogP contribution in [0.3, 0.4) is 0 Å². The Kier molecular flexibility index (Phi) is 6.14. The minimum Gasteiger partial charge on any atom is -0.301 e. The van der Waals surface area contributed by atoms with Gasteiger partial charge in [0.1, 0.15) is 5.69 Å². The summed E-state index contributed by atoms with van der Waals surface area (Å²) in [6, 6.07) is 11.2. The molecule has 0 bridgehead atoms. The zero-order chi connectivity index (χ0) is 21.8. The number of aromatic amines is 2. The average molecular weight is 447 g/mol. The van der Waals surface area contributed by atoms with Crippen LogP contribution in [0.2, 0.25) is 5.02 Å². The molecule has 10 nitrogen and oxygen atoms in total. The second kappa shape index (κ2) is 8.76. The Bertz CT molecular complexity index is 1280. The fourth-order valence-electron chi connectivity index (χ4n) is 2.48. The maximum atomic E-state index is 11.6. The van der Waals surface area contributed by atoms with Crippen LogP contribution in [0.25, 0.3) is 12.2 Å². The Labute approximate surface area is 176 Å². The second-order valence-corrected chi connectivity index (χ2v) is 7.35. The molecule has 0 unspecified atom stereocenters. The predicted molar refractivity (Wildman–Crippen MR) is 112 cm³/mol. The number of benzene rings is 2. The van der Waals surface area contributed by atoms with Crippen LogP contribution >= 0.6 is 23.4 Å². The lowest BCUT2D eigenvalue weighted by Gasteiger charge is -2.04. The number of hydrogen-bond donors (Lipinski definition) is 2. The molecule has 0 aliphatic heterocycles. The molecule has 3 aromatic rings. The molecule has 0 aliphatic carbocycles. The number of nitrogens with zero attached hydrogens (tertiary/aromatic N) is 2. The fraction of sp³-hybridized carbons (Fsp3) is 0. The summed E-state index contributed by atoms with van der Waals surface area (Å²) in [5.74, 6) is 0. The minimum atomic E-state index is -1.15. The SMILES string of the molecule is O=c1[nH]c(/C=C/c2ccc(Sc3ccc(Cl)cc3)c([N+](=O)[O-])c2)c([N+](=O)[O-])c(=O)[nH]1. The maximum Gasteiger partial charge on any atom is 0.357 e. The Balaban J connectivity index is 1.97. The molecule has 0 amide bonds. The molecule has 2 aromatic carbocycles. The highest BCUT2D eigenvalue weighted by atomic mass is 35.5. The van der Waals surface area contributed by atoms with E-state index in [4.69, 9.17) is 11.6 Å². The standard InChI is InChI=1S/C18H11ClN4O6S/c19-11-3-5-12(6-4-11)30-15-8-2-10(9-14(15)22(26)27)1-7-13-16(23(28)29)17(24)21-18(25)20-13/h1-9H,(H2,20,21,24,25)/b7-1+. The Morgan fingerprint density at radius 3 is 2.27 bits per heavy atom. The van der Waals surface area contributed by atoms with Crippen LogP contribution in [-0.4, -0.2) is 19.8 Å². The number of H-pyrrole nitrogens is 2. The van der Waals surface area contributed by atoms with Gasteiger partial charge in [0.2, 0.25) is 0 Å². The first-order valence-electron chi connectivity index (χ1n) is 8.15. The molecule has 152 valence electrons. The van der Waals surface area contributed by atoms with Crippen molar-refractivity contribution in [1.82, 2.24) is 9.97 Å². The average Bonchev–Trinajstić information content (AvgIpc) is 2.67. The Hall–Kier alpha value is -3.70. The van der Waals surface area contributed by atoms with E-state index in [1.807, 2.05) is 0 Å². The molecule has 0 atom stereocenters. The second-order valence-electron chi connectivity index (χ2n) is 5.80. The molecular formula is C18H11ClN4O6S. The smallest absolute Gasteiger partial charge is 0.301 e.